The second kappa shape index (κ2) is 8.34. The highest BCUT2D eigenvalue weighted by molar-refractivity contribution is 14.0. The number of terminal acetylenes is 1. The van der Waals surface area contributed by atoms with Gasteiger partial charge in [0, 0.05) is 7.05 Å². The van der Waals surface area contributed by atoms with Gasteiger partial charge in [-0.15, -0.1) is 30.4 Å². The topological polar surface area (TPSA) is 117 Å². The molecule has 1 aliphatic rings. The minimum Gasteiger partial charge on any atom is -0.394 e. The molecule has 1 aromatic heterocycles. The molecule has 9 nitrogen and oxygen atoms in total. The standard InChI is InChI=1S/C13H19N5O4.HI/c1-3-4-18-12(21)10-11(15-13(18)14)17(7-16(10)2)8-22-9(5-19)6-20;/h1,9,19-20H,4-8H2,2H3,(H2,14,15);1H. The van der Waals surface area contributed by atoms with E-state index in [1.165, 1.54) is 4.57 Å². The van der Waals surface area contributed by atoms with Gasteiger partial charge in [-0.2, -0.15) is 4.98 Å². The number of halogens is 1. The molecule has 0 unspecified atom stereocenters. The number of nitrogens with two attached hydrogens (primary N) is 1. The number of aromatic nitrogens is 2. The van der Waals surface area contributed by atoms with Gasteiger partial charge < -0.3 is 30.5 Å². The van der Waals surface area contributed by atoms with Crippen LogP contribution >= 0.6 is 24.0 Å². The summed E-state index contributed by atoms with van der Waals surface area (Å²) >= 11 is 0. The van der Waals surface area contributed by atoms with E-state index in [2.05, 4.69) is 10.9 Å². The molecule has 0 aliphatic carbocycles. The molecule has 0 amide bonds. The quantitative estimate of drug-likeness (QED) is 0.368. The number of hydrogen-bond donors (Lipinski definition) is 3. The fourth-order valence-corrected chi connectivity index (χ4v) is 2.20. The zero-order valence-electron chi connectivity index (χ0n) is 12.7. The molecule has 0 saturated heterocycles. The van der Waals surface area contributed by atoms with Crippen LogP contribution in [0.2, 0.25) is 0 Å². The van der Waals surface area contributed by atoms with Gasteiger partial charge in [-0.05, 0) is 0 Å². The van der Waals surface area contributed by atoms with Crippen molar-refractivity contribution in [3.05, 3.63) is 10.4 Å². The van der Waals surface area contributed by atoms with Crippen LogP contribution < -0.4 is 21.1 Å². The Balaban J connectivity index is 0.00000264. The molecule has 1 aromatic rings. The summed E-state index contributed by atoms with van der Waals surface area (Å²) < 4.78 is 6.59. The van der Waals surface area contributed by atoms with Crippen LogP contribution in [0, 0.1) is 12.3 Å². The molecular formula is C13H20IN5O4. The van der Waals surface area contributed by atoms with Crippen molar-refractivity contribution in [1.82, 2.24) is 9.55 Å². The van der Waals surface area contributed by atoms with Crippen molar-refractivity contribution in [2.45, 2.75) is 12.6 Å². The molecular weight excluding hydrogens is 417 g/mol. The van der Waals surface area contributed by atoms with E-state index in [4.69, 9.17) is 27.1 Å². The fraction of sp³-hybridized carbons (Fsp3) is 0.538. The van der Waals surface area contributed by atoms with E-state index >= 15 is 0 Å². The molecule has 1 aliphatic heterocycles. The average Bonchev–Trinajstić information content (AvgIpc) is 2.80. The smallest absolute Gasteiger partial charge is 0.281 e. The van der Waals surface area contributed by atoms with E-state index in [0.29, 0.717) is 18.2 Å². The van der Waals surface area contributed by atoms with Crippen LogP contribution in [0.1, 0.15) is 0 Å². The van der Waals surface area contributed by atoms with Crippen LogP contribution in [-0.2, 0) is 11.3 Å². The Morgan fingerprint density at radius 1 is 1.48 bits per heavy atom. The van der Waals surface area contributed by atoms with Crippen molar-refractivity contribution < 1.29 is 14.9 Å². The molecule has 0 radical (unpaired) electrons. The Labute approximate surface area is 150 Å². The van der Waals surface area contributed by atoms with Gasteiger partial charge in [0.1, 0.15) is 18.5 Å². The van der Waals surface area contributed by atoms with Crippen LogP contribution in [0.5, 0.6) is 0 Å². The summed E-state index contributed by atoms with van der Waals surface area (Å²) in [6, 6.07) is 0. The monoisotopic (exact) mass is 437 g/mol. The summed E-state index contributed by atoms with van der Waals surface area (Å²) in [6.07, 6.45) is 4.55. The molecule has 0 fully saturated rings. The van der Waals surface area contributed by atoms with Crippen molar-refractivity contribution >= 4 is 41.4 Å². The first kappa shape index (κ1) is 19.5. The van der Waals surface area contributed by atoms with Gasteiger partial charge in [0.15, 0.2) is 5.82 Å². The number of nitrogens with zero attached hydrogens (tertiary/aromatic N) is 4. The Morgan fingerprint density at radius 3 is 2.70 bits per heavy atom. The molecule has 4 N–H and O–H groups in total. The van der Waals surface area contributed by atoms with E-state index in [-0.39, 0.29) is 62.0 Å². The van der Waals surface area contributed by atoms with Crippen LogP contribution in [0.3, 0.4) is 0 Å². The third-order valence-electron chi connectivity index (χ3n) is 3.34. The number of aliphatic hydroxyl groups is 2. The lowest BCUT2D eigenvalue weighted by Gasteiger charge is -2.21. The Hall–Kier alpha value is -1.55. The maximum absolute atomic E-state index is 12.4. The number of anilines is 3. The van der Waals surface area contributed by atoms with Crippen molar-refractivity contribution in [3.8, 4) is 12.3 Å². The molecule has 0 spiro atoms. The highest BCUT2D eigenvalue weighted by Gasteiger charge is 2.30. The molecule has 0 saturated carbocycles. The number of ether oxygens (including phenoxy) is 1. The first-order valence-corrected chi connectivity index (χ1v) is 6.66. The number of nitrogen functional groups attached to an aromatic ring is 1. The lowest BCUT2D eigenvalue weighted by molar-refractivity contribution is -0.0188. The summed E-state index contributed by atoms with van der Waals surface area (Å²) in [5.74, 6) is 2.80. The molecule has 2 heterocycles. The second-order valence-electron chi connectivity index (χ2n) is 4.90. The molecule has 2 rings (SSSR count). The first-order valence-electron chi connectivity index (χ1n) is 6.66. The molecule has 0 bridgehead atoms. The van der Waals surface area contributed by atoms with E-state index in [1.54, 1.807) is 16.8 Å². The van der Waals surface area contributed by atoms with Crippen molar-refractivity contribution in [2.24, 2.45) is 0 Å². The Morgan fingerprint density at radius 2 is 2.13 bits per heavy atom. The largest absolute Gasteiger partial charge is 0.394 e. The lowest BCUT2D eigenvalue weighted by atomic mass is 10.4. The zero-order valence-corrected chi connectivity index (χ0v) is 15.0. The molecule has 0 aromatic carbocycles. The van der Waals surface area contributed by atoms with E-state index in [1.807, 2.05) is 0 Å². The summed E-state index contributed by atoms with van der Waals surface area (Å²) in [7, 11) is 1.74. The van der Waals surface area contributed by atoms with E-state index in [0.717, 1.165) is 0 Å². The maximum Gasteiger partial charge on any atom is 0.281 e. The number of hydrogen-bond acceptors (Lipinski definition) is 8. The molecule has 23 heavy (non-hydrogen) atoms. The van der Waals surface area contributed by atoms with E-state index < -0.39 is 6.10 Å². The first-order chi connectivity index (χ1) is 10.5. The Bertz CT molecular complexity index is 640. The summed E-state index contributed by atoms with van der Waals surface area (Å²) in [5.41, 5.74) is 5.86. The van der Waals surface area contributed by atoms with Crippen molar-refractivity contribution in [3.63, 3.8) is 0 Å². The number of rotatable bonds is 6. The molecule has 10 heteroatoms. The maximum atomic E-state index is 12.4. The number of fused-ring (bicyclic) bond motifs is 1. The Kier molecular flexibility index (Phi) is 7.07. The molecule has 128 valence electrons. The second-order valence-corrected chi connectivity index (χ2v) is 4.90. The van der Waals surface area contributed by atoms with Crippen molar-refractivity contribution in [2.75, 3.05) is 49.2 Å². The van der Waals surface area contributed by atoms with Crippen LogP contribution in [0.4, 0.5) is 17.5 Å². The minimum absolute atomic E-state index is 0. The zero-order chi connectivity index (χ0) is 16.3. The van der Waals surface area contributed by atoms with Gasteiger partial charge in [0.05, 0.1) is 26.4 Å². The summed E-state index contributed by atoms with van der Waals surface area (Å²) in [5, 5.41) is 18.0. The SMILES string of the molecule is C#CCn1c(N)nc2c(c1=O)N(C)CN2COC(CO)CO.I. The minimum atomic E-state index is -0.687. The lowest BCUT2D eigenvalue weighted by Crippen LogP contribution is -2.34. The van der Waals surface area contributed by atoms with Crippen LogP contribution in [0.15, 0.2) is 4.79 Å². The third kappa shape index (κ3) is 3.86. The van der Waals surface area contributed by atoms with Gasteiger partial charge in [-0.3, -0.25) is 9.36 Å². The van der Waals surface area contributed by atoms with Gasteiger partial charge >= 0.3 is 0 Å². The van der Waals surface area contributed by atoms with Gasteiger partial charge in [0.2, 0.25) is 5.95 Å². The predicted molar refractivity (Wildman–Crippen MR) is 96.8 cm³/mol. The molecule has 0 atom stereocenters. The fourth-order valence-electron chi connectivity index (χ4n) is 2.20. The highest BCUT2D eigenvalue weighted by atomic mass is 127. The van der Waals surface area contributed by atoms with Gasteiger partial charge in [-0.25, -0.2) is 0 Å². The highest BCUT2D eigenvalue weighted by Crippen LogP contribution is 2.30. The van der Waals surface area contributed by atoms with E-state index in [9.17, 15) is 4.79 Å². The number of aliphatic hydroxyl groups excluding tert-OH is 2. The van der Waals surface area contributed by atoms with Crippen molar-refractivity contribution in [1.29, 1.82) is 0 Å². The van der Waals surface area contributed by atoms with Gasteiger partial charge in [0.25, 0.3) is 5.56 Å². The normalized spacial score (nSPS) is 13.0. The third-order valence-corrected chi connectivity index (χ3v) is 3.34. The van der Waals surface area contributed by atoms with Gasteiger partial charge in [-0.1, -0.05) is 5.92 Å². The van der Waals surface area contributed by atoms with Crippen LogP contribution in [0.25, 0.3) is 0 Å². The van der Waals surface area contributed by atoms with Crippen LogP contribution in [-0.4, -0.2) is 59.5 Å². The average molecular weight is 437 g/mol. The summed E-state index contributed by atoms with van der Waals surface area (Å²) in [4.78, 5) is 20.1. The predicted octanol–water partition coefficient (Wildman–Crippen LogP) is -1.38. The summed E-state index contributed by atoms with van der Waals surface area (Å²) in [6.45, 7) is -0.111.